The largest absolute Gasteiger partial charge is 0.387 e. The van der Waals surface area contributed by atoms with Gasteiger partial charge in [0, 0.05) is 50.2 Å². The molecule has 0 bridgehead atoms. The molecule has 146 valence electrons. The number of carbonyl (C=O) groups excluding carboxylic acids is 1. The van der Waals surface area contributed by atoms with Crippen molar-refractivity contribution in [2.45, 2.75) is 52.0 Å². The third kappa shape index (κ3) is 5.62. The molecule has 7 nitrogen and oxygen atoms in total. The molecule has 3 atom stereocenters. The highest BCUT2D eigenvalue weighted by Crippen LogP contribution is 2.27. The van der Waals surface area contributed by atoms with Crippen molar-refractivity contribution in [3.8, 4) is 0 Å². The van der Waals surface area contributed by atoms with E-state index in [4.69, 9.17) is 9.84 Å². The maximum Gasteiger partial charge on any atom is 0.248 e. The second-order valence-corrected chi connectivity index (χ2v) is 8.31. The third-order valence-electron chi connectivity index (χ3n) is 5.51. The first-order valence-electron chi connectivity index (χ1n) is 9.39. The van der Waals surface area contributed by atoms with Gasteiger partial charge < -0.3 is 19.8 Å². The van der Waals surface area contributed by atoms with Gasteiger partial charge in [0.25, 0.3) is 0 Å². The van der Waals surface area contributed by atoms with Gasteiger partial charge in [0.2, 0.25) is 5.91 Å². The Morgan fingerprint density at radius 1 is 1.20 bits per heavy atom. The van der Waals surface area contributed by atoms with E-state index in [2.05, 4.69) is 37.5 Å². The van der Waals surface area contributed by atoms with Crippen molar-refractivity contribution in [3.05, 3.63) is 0 Å². The topological polar surface area (TPSA) is 76.5 Å². The van der Waals surface area contributed by atoms with Crippen molar-refractivity contribution in [2.75, 3.05) is 52.5 Å². The van der Waals surface area contributed by atoms with Gasteiger partial charge in [-0.25, -0.2) is 0 Å². The number of nitrogens with zero attached hydrogens (tertiary/aromatic N) is 3. The molecule has 2 aliphatic rings. The molecule has 0 spiro atoms. The number of ether oxygens (including phenoxy) is 1. The summed E-state index contributed by atoms with van der Waals surface area (Å²) in [6, 6.07) is 0.196. The second kappa shape index (κ2) is 8.77. The maximum atomic E-state index is 11.5. The molecule has 0 aromatic rings. The number of likely N-dealkylation sites (tertiary alicyclic amines) is 1. The Balaban J connectivity index is 1.70. The minimum Gasteiger partial charge on any atom is -0.387 e. The summed E-state index contributed by atoms with van der Waals surface area (Å²) < 4.78 is 5.76. The van der Waals surface area contributed by atoms with Crippen LogP contribution >= 0.6 is 0 Å². The van der Waals surface area contributed by atoms with Crippen LogP contribution in [0.3, 0.4) is 0 Å². The Kier molecular flexibility index (Phi) is 7.22. The van der Waals surface area contributed by atoms with E-state index in [9.17, 15) is 9.90 Å². The standard InChI is InChI=1S/C18H35N3O4/c1-14(19-7-9-20(10-8-19)16(23)12-22)13-25-17(24)15-5-6-21(11-15)18(2,3)4/h14-15,17,22,24H,5-13H2,1-4H3. The fourth-order valence-corrected chi connectivity index (χ4v) is 3.62. The molecule has 0 aromatic carbocycles. The molecular formula is C18H35N3O4. The quantitative estimate of drug-likeness (QED) is 0.650. The van der Waals surface area contributed by atoms with Gasteiger partial charge in [-0.2, -0.15) is 0 Å². The molecule has 0 aliphatic carbocycles. The molecule has 25 heavy (non-hydrogen) atoms. The lowest BCUT2D eigenvalue weighted by Crippen LogP contribution is -2.53. The van der Waals surface area contributed by atoms with E-state index in [1.165, 1.54) is 0 Å². The maximum absolute atomic E-state index is 11.5. The molecule has 2 heterocycles. The van der Waals surface area contributed by atoms with Crippen LogP contribution in [0.2, 0.25) is 0 Å². The van der Waals surface area contributed by atoms with Gasteiger partial charge in [-0.3, -0.25) is 14.6 Å². The summed E-state index contributed by atoms with van der Waals surface area (Å²) in [6.07, 6.45) is 0.251. The number of amides is 1. The summed E-state index contributed by atoms with van der Waals surface area (Å²) in [6.45, 7) is 13.5. The van der Waals surface area contributed by atoms with E-state index < -0.39 is 12.9 Å². The molecular weight excluding hydrogens is 322 g/mol. The number of hydrogen-bond donors (Lipinski definition) is 2. The highest BCUT2D eigenvalue weighted by atomic mass is 16.6. The van der Waals surface area contributed by atoms with E-state index in [1.54, 1.807) is 4.90 Å². The molecule has 1 amide bonds. The van der Waals surface area contributed by atoms with Crippen molar-refractivity contribution in [3.63, 3.8) is 0 Å². The Morgan fingerprint density at radius 2 is 1.84 bits per heavy atom. The fourth-order valence-electron chi connectivity index (χ4n) is 3.62. The summed E-state index contributed by atoms with van der Waals surface area (Å²) in [5.74, 6) is -0.0333. The summed E-state index contributed by atoms with van der Waals surface area (Å²) in [5, 5.41) is 19.3. The molecule has 2 fully saturated rings. The van der Waals surface area contributed by atoms with Crippen molar-refractivity contribution in [2.24, 2.45) is 5.92 Å². The predicted octanol–water partition coefficient (Wildman–Crippen LogP) is -0.0332. The number of carbonyl (C=O) groups is 1. The first-order valence-corrected chi connectivity index (χ1v) is 9.39. The molecule has 3 unspecified atom stereocenters. The lowest BCUT2D eigenvalue weighted by Gasteiger charge is -2.38. The summed E-state index contributed by atoms with van der Waals surface area (Å²) in [4.78, 5) is 17.9. The van der Waals surface area contributed by atoms with Gasteiger partial charge in [0.05, 0.1) is 6.61 Å². The monoisotopic (exact) mass is 357 g/mol. The third-order valence-corrected chi connectivity index (χ3v) is 5.51. The summed E-state index contributed by atoms with van der Waals surface area (Å²) in [7, 11) is 0. The van der Waals surface area contributed by atoms with Gasteiger partial charge >= 0.3 is 0 Å². The van der Waals surface area contributed by atoms with Gasteiger partial charge in [-0.15, -0.1) is 0 Å². The zero-order valence-corrected chi connectivity index (χ0v) is 16.1. The Morgan fingerprint density at radius 3 is 2.36 bits per heavy atom. The molecule has 0 radical (unpaired) electrons. The number of piperazine rings is 1. The Bertz CT molecular complexity index is 433. The van der Waals surface area contributed by atoms with Crippen LogP contribution in [0.4, 0.5) is 0 Å². The van der Waals surface area contributed by atoms with E-state index in [-0.39, 0.29) is 23.4 Å². The minimum atomic E-state index is -0.716. The molecule has 7 heteroatoms. The van der Waals surface area contributed by atoms with Crippen molar-refractivity contribution in [1.29, 1.82) is 0 Å². The highest BCUT2D eigenvalue weighted by Gasteiger charge is 2.34. The number of aliphatic hydroxyl groups is 2. The number of rotatable bonds is 6. The van der Waals surface area contributed by atoms with Crippen LogP contribution in [-0.2, 0) is 9.53 Å². The van der Waals surface area contributed by atoms with E-state index >= 15 is 0 Å². The van der Waals surface area contributed by atoms with Gasteiger partial charge in [0.1, 0.15) is 6.61 Å². The first kappa shape index (κ1) is 20.6. The van der Waals surface area contributed by atoms with Gasteiger partial charge in [0.15, 0.2) is 6.29 Å². The molecule has 2 saturated heterocycles. The zero-order valence-electron chi connectivity index (χ0n) is 16.1. The SMILES string of the molecule is CC(COC(O)C1CCN(C(C)(C)C)C1)N1CCN(C(=O)CO)CC1. The van der Waals surface area contributed by atoms with Crippen molar-refractivity contribution < 1.29 is 19.7 Å². The lowest BCUT2D eigenvalue weighted by molar-refractivity contribution is -0.145. The Hall–Kier alpha value is -0.730. The van der Waals surface area contributed by atoms with E-state index in [0.717, 1.165) is 32.6 Å². The average Bonchev–Trinajstić information content (AvgIpc) is 3.09. The second-order valence-electron chi connectivity index (χ2n) is 8.31. The lowest BCUT2D eigenvalue weighted by atomic mass is 10.1. The van der Waals surface area contributed by atoms with E-state index in [0.29, 0.717) is 19.7 Å². The predicted molar refractivity (Wildman–Crippen MR) is 96.1 cm³/mol. The van der Waals surface area contributed by atoms with Crippen molar-refractivity contribution >= 4 is 5.91 Å². The van der Waals surface area contributed by atoms with Gasteiger partial charge in [-0.1, -0.05) is 0 Å². The summed E-state index contributed by atoms with van der Waals surface area (Å²) >= 11 is 0. The smallest absolute Gasteiger partial charge is 0.248 e. The fraction of sp³-hybridized carbons (Fsp3) is 0.944. The summed E-state index contributed by atoms with van der Waals surface area (Å²) in [5.41, 5.74) is 0.132. The molecule has 0 saturated carbocycles. The van der Waals surface area contributed by atoms with Crippen LogP contribution in [0.5, 0.6) is 0 Å². The molecule has 2 rings (SSSR count). The molecule has 2 aliphatic heterocycles. The number of hydrogen-bond acceptors (Lipinski definition) is 6. The van der Waals surface area contributed by atoms with Crippen molar-refractivity contribution in [1.82, 2.24) is 14.7 Å². The van der Waals surface area contributed by atoms with Crippen LogP contribution in [0.15, 0.2) is 0 Å². The number of aliphatic hydroxyl groups excluding tert-OH is 2. The van der Waals surface area contributed by atoms with Crippen LogP contribution in [0, 0.1) is 5.92 Å². The van der Waals surface area contributed by atoms with E-state index in [1.807, 2.05) is 0 Å². The molecule has 2 N–H and O–H groups in total. The van der Waals surface area contributed by atoms with Crippen LogP contribution in [0.1, 0.15) is 34.1 Å². The molecule has 0 aromatic heterocycles. The zero-order chi connectivity index (χ0) is 18.6. The first-order chi connectivity index (χ1) is 11.7. The van der Waals surface area contributed by atoms with Crippen LogP contribution in [-0.4, -0.2) is 101 Å². The van der Waals surface area contributed by atoms with Crippen LogP contribution in [0.25, 0.3) is 0 Å². The normalized spacial score (nSPS) is 26.0. The van der Waals surface area contributed by atoms with Crippen LogP contribution < -0.4 is 0 Å². The van der Waals surface area contributed by atoms with Gasteiger partial charge in [-0.05, 0) is 40.7 Å². The average molecular weight is 357 g/mol. The Labute approximate surface area is 151 Å². The minimum absolute atomic E-state index is 0.132. The highest BCUT2D eigenvalue weighted by molar-refractivity contribution is 5.77.